The van der Waals surface area contributed by atoms with E-state index in [4.69, 9.17) is 14.7 Å². The van der Waals surface area contributed by atoms with Gasteiger partial charge in [-0.3, -0.25) is 8.75 Å². The van der Waals surface area contributed by atoms with Gasteiger partial charge in [-0.15, -0.1) is 0 Å². The molecule has 12 nitrogen and oxygen atoms in total. The number of aromatic nitrogens is 4. The maximum absolute atomic E-state index is 11.5. The number of nitrogen functional groups attached to an aromatic ring is 1. The fourth-order valence-electron chi connectivity index (χ4n) is 2.53. The minimum absolute atomic E-state index is 0.157. The van der Waals surface area contributed by atoms with Crippen LogP contribution in [0.3, 0.4) is 0 Å². The number of nitrogens with zero attached hydrogens (tertiary/aromatic N) is 4. The van der Waals surface area contributed by atoms with Gasteiger partial charge in [-0.25, -0.2) is 15.0 Å². The van der Waals surface area contributed by atoms with Gasteiger partial charge in [0.2, 0.25) is 0 Å². The van der Waals surface area contributed by atoms with E-state index in [1.807, 2.05) is 0 Å². The first kappa shape index (κ1) is 17.9. The van der Waals surface area contributed by atoms with Crippen LogP contribution in [0.25, 0.3) is 11.2 Å². The van der Waals surface area contributed by atoms with Gasteiger partial charge in [0.05, 0.1) is 12.9 Å². The van der Waals surface area contributed by atoms with Gasteiger partial charge in [0, 0.05) is 6.54 Å². The second-order valence-corrected chi connectivity index (χ2v) is 6.80. The predicted octanol–water partition coefficient (Wildman–Crippen LogP) is -2.10. The Morgan fingerprint density at radius 2 is 2.12 bits per heavy atom. The van der Waals surface area contributed by atoms with E-state index in [1.54, 1.807) is 6.92 Å². The van der Waals surface area contributed by atoms with Crippen LogP contribution in [0.5, 0.6) is 0 Å². The highest BCUT2D eigenvalue weighted by atomic mass is 32.2. The Bertz CT molecular complexity index is 857. The monoisotopic (exact) mass is 374 g/mol. The Kier molecular flexibility index (Phi) is 4.86. The van der Waals surface area contributed by atoms with E-state index in [1.165, 1.54) is 17.2 Å². The molecule has 1 fully saturated rings. The van der Waals surface area contributed by atoms with E-state index in [2.05, 4.69) is 19.7 Å². The van der Waals surface area contributed by atoms with Gasteiger partial charge in [0.25, 0.3) is 0 Å². The molecular weight excluding hydrogens is 356 g/mol. The van der Waals surface area contributed by atoms with Crippen molar-refractivity contribution in [1.29, 1.82) is 0 Å². The van der Waals surface area contributed by atoms with Crippen LogP contribution in [0.2, 0.25) is 0 Å². The average molecular weight is 374 g/mol. The number of rotatable bonds is 6. The summed E-state index contributed by atoms with van der Waals surface area (Å²) in [6, 6.07) is 0. The summed E-state index contributed by atoms with van der Waals surface area (Å²) in [6.07, 6.45) is -2.23. The highest BCUT2D eigenvalue weighted by Gasteiger charge is 2.45. The Balaban J connectivity index is 1.79. The van der Waals surface area contributed by atoms with Crippen LogP contribution in [0.4, 0.5) is 5.82 Å². The van der Waals surface area contributed by atoms with E-state index in [0.717, 1.165) is 0 Å². The summed E-state index contributed by atoms with van der Waals surface area (Å²) in [5.41, 5.74) is 6.34. The van der Waals surface area contributed by atoms with E-state index in [9.17, 15) is 18.6 Å². The third-order valence-electron chi connectivity index (χ3n) is 3.71. The molecule has 0 saturated carbocycles. The smallest absolute Gasteiger partial charge is 0.335 e. The first-order chi connectivity index (χ1) is 11.8. The number of ether oxygens (including phenoxy) is 1. The molecule has 138 valence electrons. The van der Waals surface area contributed by atoms with Crippen LogP contribution in [0.1, 0.15) is 13.2 Å². The van der Waals surface area contributed by atoms with Gasteiger partial charge >= 0.3 is 10.3 Å². The fourth-order valence-corrected chi connectivity index (χ4v) is 3.28. The van der Waals surface area contributed by atoms with Gasteiger partial charge in [-0.2, -0.15) is 13.1 Å². The molecule has 5 N–H and O–H groups in total. The lowest BCUT2D eigenvalue weighted by Gasteiger charge is -2.16. The second-order valence-electron chi connectivity index (χ2n) is 5.37. The number of aliphatic hydroxyl groups is 2. The topological polar surface area (TPSA) is 175 Å². The molecule has 25 heavy (non-hydrogen) atoms. The van der Waals surface area contributed by atoms with Crippen LogP contribution in [0.15, 0.2) is 12.7 Å². The molecular formula is C12H18N6O6S. The van der Waals surface area contributed by atoms with Crippen molar-refractivity contribution < 1.29 is 27.6 Å². The molecule has 13 heteroatoms. The number of imidazole rings is 1. The average Bonchev–Trinajstić information content (AvgIpc) is 3.10. The lowest BCUT2D eigenvalue weighted by Crippen LogP contribution is -2.36. The number of hydrogen-bond acceptors (Lipinski definition) is 10. The van der Waals surface area contributed by atoms with Crippen molar-refractivity contribution in [2.75, 3.05) is 18.9 Å². The van der Waals surface area contributed by atoms with E-state index in [0.29, 0.717) is 11.2 Å². The number of aliphatic hydroxyl groups excluding tert-OH is 2. The largest absolute Gasteiger partial charge is 0.387 e. The molecule has 1 aliphatic rings. The summed E-state index contributed by atoms with van der Waals surface area (Å²) in [7, 11) is -3.95. The Morgan fingerprint density at radius 1 is 1.36 bits per heavy atom. The quantitative estimate of drug-likeness (QED) is 0.438. The molecule has 2 aromatic heterocycles. The maximum atomic E-state index is 11.5. The molecule has 0 bridgehead atoms. The van der Waals surface area contributed by atoms with Crippen molar-refractivity contribution in [3.8, 4) is 0 Å². The highest BCUT2D eigenvalue weighted by Crippen LogP contribution is 2.32. The zero-order valence-corrected chi connectivity index (χ0v) is 14.0. The molecule has 0 radical (unpaired) electrons. The second kappa shape index (κ2) is 6.78. The molecule has 1 saturated heterocycles. The summed E-state index contributed by atoms with van der Waals surface area (Å²) in [6.45, 7) is 1.29. The summed E-state index contributed by atoms with van der Waals surface area (Å²) < 4.78 is 36.9. The van der Waals surface area contributed by atoms with Crippen LogP contribution in [0, 0.1) is 0 Å². The van der Waals surface area contributed by atoms with Gasteiger partial charge in [0.15, 0.2) is 17.7 Å². The number of nitrogens with two attached hydrogens (primary N) is 1. The molecule has 0 aromatic carbocycles. The van der Waals surface area contributed by atoms with Gasteiger partial charge in [-0.1, -0.05) is 6.92 Å². The molecule has 0 aliphatic carbocycles. The molecule has 0 amide bonds. The summed E-state index contributed by atoms with van der Waals surface area (Å²) >= 11 is 0. The van der Waals surface area contributed by atoms with Crippen LogP contribution in [-0.4, -0.2) is 69.6 Å². The first-order valence-electron chi connectivity index (χ1n) is 7.42. The minimum Gasteiger partial charge on any atom is -0.387 e. The third kappa shape index (κ3) is 3.42. The lowest BCUT2D eigenvalue weighted by atomic mass is 10.1. The number of nitrogens with one attached hydrogen (secondary N) is 1. The van der Waals surface area contributed by atoms with Crippen LogP contribution in [-0.2, 0) is 19.2 Å². The minimum atomic E-state index is -3.95. The van der Waals surface area contributed by atoms with Crippen LogP contribution >= 0.6 is 0 Å². The Labute approximate surface area is 142 Å². The summed E-state index contributed by atoms with van der Waals surface area (Å²) in [5, 5.41) is 20.4. The van der Waals surface area contributed by atoms with Crippen molar-refractivity contribution in [2.24, 2.45) is 0 Å². The first-order valence-corrected chi connectivity index (χ1v) is 8.83. The fraction of sp³-hybridized carbons (Fsp3) is 0.583. The summed E-state index contributed by atoms with van der Waals surface area (Å²) in [5.74, 6) is 0.161. The van der Waals surface area contributed by atoms with Gasteiger partial charge in [-0.05, 0) is 0 Å². The van der Waals surface area contributed by atoms with Crippen molar-refractivity contribution in [1.82, 2.24) is 24.2 Å². The molecule has 2 aromatic rings. The number of fused-ring (bicyclic) bond motifs is 1. The van der Waals surface area contributed by atoms with E-state index >= 15 is 0 Å². The third-order valence-corrected chi connectivity index (χ3v) is 4.80. The van der Waals surface area contributed by atoms with Crippen molar-refractivity contribution in [3.63, 3.8) is 0 Å². The van der Waals surface area contributed by atoms with Crippen molar-refractivity contribution in [3.05, 3.63) is 12.7 Å². The zero-order valence-electron chi connectivity index (χ0n) is 13.2. The Hall–Kier alpha value is -1.90. The van der Waals surface area contributed by atoms with E-state index in [-0.39, 0.29) is 12.4 Å². The Morgan fingerprint density at radius 3 is 2.84 bits per heavy atom. The maximum Gasteiger partial charge on any atom is 0.335 e. The molecule has 0 unspecified atom stereocenters. The van der Waals surface area contributed by atoms with Crippen molar-refractivity contribution >= 4 is 27.3 Å². The summed E-state index contributed by atoms with van der Waals surface area (Å²) in [4.78, 5) is 11.9. The normalized spacial score (nSPS) is 27.2. The number of anilines is 1. The molecule has 0 spiro atoms. The molecule has 1 aliphatic heterocycles. The molecule has 3 rings (SSSR count). The highest BCUT2D eigenvalue weighted by molar-refractivity contribution is 7.84. The lowest BCUT2D eigenvalue weighted by molar-refractivity contribution is -0.0469. The number of hydrogen-bond donors (Lipinski definition) is 4. The van der Waals surface area contributed by atoms with Crippen LogP contribution < -0.4 is 10.5 Å². The van der Waals surface area contributed by atoms with Gasteiger partial charge in [0.1, 0.15) is 30.2 Å². The standard InChI is InChI=1S/C12H18N6O6S/c1-2-17-25(21,22)23-3-6-8(19)9(20)12(24-6)18-5-16-7-10(13)14-4-15-11(7)18/h4-6,8-9,12,17,19-20H,2-3H2,1H3,(H2,13,14,15)/t6-,8-,9+,12+/m0/s1. The molecule has 3 heterocycles. The molecule has 4 atom stereocenters. The van der Waals surface area contributed by atoms with Gasteiger partial charge < -0.3 is 20.7 Å². The SMILES string of the molecule is CCNS(=O)(=O)OC[C@@H]1O[C@@H](n2cnc3c(N)ncnc32)[C@H](O)[C@H]1O. The zero-order chi connectivity index (χ0) is 18.2. The predicted molar refractivity (Wildman–Crippen MR) is 84.2 cm³/mol. The van der Waals surface area contributed by atoms with Crippen molar-refractivity contribution in [2.45, 2.75) is 31.5 Å². The van der Waals surface area contributed by atoms with E-state index < -0.39 is 41.5 Å².